The van der Waals surface area contributed by atoms with Gasteiger partial charge in [0.25, 0.3) is 5.91 Å². The number of para-hydroxylation sites is 1. The summed E-state index contributed by atoms with van der Waals surface area (Å²) in [5, 5.41) is 4.24. The minimum absolute atomic E-state index is 0.215. The predicted octanol–water partition coefficient (Wildman–Crippen LogP) is 6.91. The molecule has 4 aromatic rings. The molecule has 0 saturated carbocycles. The highest BCUT2D eigenvalue weighted by Crippen LogP contribution is 2.25. The van der Waals surface area contributed by atoms with Crippen molar-refractivity contribution < 1.29 is 4.79 Å². The predicted molar refractivity (Wildman–Crippen MR) is 148 cm³/mol. The molecule has 178 valence electrons. The fourth-order valence-corrected chi connectivity index (χ4v) is 5.22. The molecule has 3 aromatic carbocycles. The van der Waals surface area contributed by atoms with Gasteiger partial charge in [0.2, 0.25) is 0 Å². The van der Waals surface area contributed by atoms with E-state index in [4.69, 9.17) is 0 Å². The Morgan fingerprint density at radius 1 is 0.857 bits per heavy atom. The number of amides is 1. The Bertz CT molecular complexity index is 1320. The number of thioether (sulfide) groups is 1. The first-order chi connectivity index (χ1) is 16.9. The van der Waals surface area contributed by atoms with Crippen LogP contribution in [0.25, 0.3) is 5.69 Å². The molecule has 0 radical (unpaired) electrons. The summed E-state index contributed by atoms with van der Waals surface area (Å²) in [7, 11) is 0. The van der Waals surface area contributed by atoms with Gasteiger partial charge in [0, 0.05) is 34.0 Å². The zero-order valence-corrected chi connectivity index (χ0v) is 21.5. The van der Waals surface area contributed by atoms with Crippen LogP contribution in [-0.4, -0.2) is 16.7 Å². The van der Waals surface area contributed by atoms with Crippen LogP contribution in [0.3, 0.4) is 0 Å². The average Bonchev–Trinajstić information content (AvgIpc) is 3.13. The summed E-state index contributed by atoms with van der Waals surface area (Å²) in [6, 6.07) is 26.6. The quantitative estimate of drug-likeness (QED) is 0.220. The fraction of sp³-hybridized carbons (Fsp3) is 0.200. The van der Waals surface area contributed by atoms with E-state index in [0.29, 0.717) is 5.56 Å². The standard InChI is InChI=1S/C30H31N3OS/c1-21-9-8-10-22(2)29(21)33-23(3)17-28(24(33)4)18-31-32-30(34)27-15-13-26(14-16-27)20-35-19-25-11-6-5-7-12-25/h5-18H,19-20H2,1-4H3,(H,32,34)/b31-18+. The van der Waals surface area contributed by atoms with Crippen molar-refractivity contribution in [3.63, 3.8) is 0 Å². The van der Waals surface area contributed by atoms with Crippen LogP contribution in [0, 0.1) is 27.7 Å². The minimum Gasteiger partial charge on any atom is -0.317 e. The SMILES string of the molecule is Cc1cccc(C)c1-n1c(C)cc(/C=N/NC(=O)c2ccc(CSCc3ccccc3)cc2)c1C. The van der Waals surface area contributed by atoms with Gasteiger partial charge in [0.1, 0.15) is 0 Å². The Morgan fingerprint density at radius 3 is 2.14 bits per heavy atom. The number of aryl methyl sites for hydroxylation is 3. The summed E-state index contributed by atoms with van der Waals surface area (Å²) in [6.07, 6.45) is 1.72. The molecule has 0 bridgehead atoms. The number of carbonyl (C=O) groups is 1. The molecular weight excluding hydrogens is 450 g/mol. The third-order valence-corrected chi connectivity index (χ3v) is 7.17. The second kappa shape index (κ2) is 11.2. The van der Waals surface area contributed by atoms with Gasteiger partial charge in [-0.1, -0.05) is 60.7 Å². The summed E-state index contributed by atoms with van der Waals surface area (Å²) < 4.78 is 2.25. The lowest BCUT2D eigenvalue weighted by atomic mass is 10.1. The number of hydrogen-bond acceptors (Lipinski definition) is 3. The number of aromatic nitrogens is 1. The van der Waals surface area contributed by atoms with Crippen LogP contribution in [0.2, 0.25) is 0 Å². The second-order valence-electron chi connectivity index (χ2n) is 8.78. The van der Waals surface area contributed by atoms with Gasteiger partial charge in [-0.3, -0.25) is 4.79 Å². The average molecular weight is 482 g/mol. The van der Waals surface area contributed by atoms with Gasteiger partial charge in [0.05, 0.1) is 11.9 Å². The first kappa shape index (κ1) is 24.6. The molecule has 0 aliphatic heterocycles. The minimum atomic E-state index is -0.215. The van der Waals surface area contributed by atoms with Crippen molar-refractivity contribution in [1.29, 1.82) is 0 Å². The molecule has 1 aromatic heterocycles. The molecule has 0 unspecified atom stereocenters. The number of nitrogens with one attached hydrogen (secondary N) is 1. The van der Waals surface area contributed by atoms with Crippen molar-refractivity contribution in [2.24, 2.45) is 5.10 Å². The molecule has 35 heavy (non-hydrogen) atoms. The molecule has 0 fully saturated rings. The monoisotopic (exact) mass is 481 g/mol. The smallest absolute Gasteiger partial charge is 0.271 e. The molecule has 0 aliphatic rings. The lowest BCUT2D eigenvalue weighted by Crippen LogP contribution is -2.17. The van der Waals surface area contributed by atoms with Crippen LogP contribution in [-0.2, 0) is 11.5 Å². The van der Waals surface area contributed by atoms with E-state index in [0.717, 1.165) is 28.5 Å². The van der Waals surface area contributed by atoms with E-state index >= 15 is 0 Å². The molecule has 0 spiro atoms. The van der Waals surface area contributed by atoms with Gasteiger partial charge in [-0.05, 0) is 68.1 Å². The third-order valence-electron chi connectivity index (χ3n) is 6.10. The lowest BCUT2D eigenvalue weighted by Gasteiger charge is -2.15. The van der Waals surface area contributed by atoms with Gasteiger partial charge >= 0.3 is 0 Å². The number of benzene rings is 3. The summed E-state index contributed by atoms with van der Waals surface area (Å²) >= 11 is 1.86. The molecule has 4 nitrogen and oxygen atoms in total. The van der Waals surface area contributed by atoms with E-state index in [9.17, 15) is 4.79 Å². The van der Waals surface area contributed by atoms with Crippen molar-refractivity contribution in [2.45, 2.75) is 39.2 Å². The summed E-state index contributed by atoms with van der Waals surface area (Å²) in [5.74, 6) is 1.67. The van der Waals surface area contributed by atoms with Crippen LogP contribution in [0.5, 0.6) is 0 Å². The molecule has 5 heteroatoms. The maximum Gasteiger partial charge on any atom is 0.271 e. The van der Waals surface area contributed by atoms with Gasteiger partial charge in [-0.25, -0.2) is 5.43 Å². The summed E-state index contributed by atoms with van der Waals surface area (Å²) in [5.41, 5.74) is 12.6. The normalized spacial score (nSPS) is 11.2. The number of carbonyl (C=O) groups excluding carboxylic acids is 1. The largest absolute Gasteiger partial charge is 0.317 e. The maximum atomic E-state index is 12.6. The Morgan fingerprint density at radius 2 is 1.49 bits per heavy atom. The van der Waals surface area contributed by atoms with Crippen LogP contribution in [0.15, 0.2) is 84.0 Å². The van der Waals surface area contributed by atoms with Crippen molar-refractivity contribution >= 4 is 23.9 Å². The molecule has 1 heterocycles. The molecular formula is C30H31N3OS. The number of hydrazone groups is 1. The van der Waals surface area contributed by atoms with Gasteiger partial charge < -0.3 is 4.57 Å². The van der Waals surface area contributed by atoms with Crippen molar-refractivity contribution in [1.82, 2.24) is 9.99 Å². The number of nitrogens with zero attached hydrogens (tertiary/aromatic N) is 2. The van der Waals surface area contributed by atoms with Crippen LogP contribution >= 0.6 is 11.8 Å². The maximum absolute atomic E-state index is 12.6. The van der Waals surface area contributed by atoms with Crippen molar-refractivity contribution in [2.75, 3.05) is 0 Å². The van der Waals surface area contributed by atoms with Gasteiger partial charge in [-0.15, -0.1) is 0 Å². The lowest BCUT2D eigenvalue weighted by molar-refractivity contribution is 0.0955. The van der Waals surface area contributed by atoms with E-state index in [1.165, 1.54) is 27.9 Å². The van der Waals surface area contributed by atoms with Crippen molar-refractivity contribution in [3.05, 3.63) is 124 Å². The van der Waals surface area contributed by atoms with Crippen LogP contribution < -0.4 is 5.43 Å². The first-order valence-corrected chi connectivity index (χ1v) is 12.9. The number of rotatable bonds is 8. The molecule has 4 rings (SSSR count). The second-order valence-corrected chi connectivity index (χ2v) is 9.76. The van der Waals surface area contributed by atoms with E-state index in [-0.39, 0.29) is 5.91 Å². The highest BCUT2D eigenvalue weighted by atomic mass is 32.2. The summed E-state index contributed by atoms with van der Waals surface area (Å²) in [6.45, 7) is 8.43. The zero-order valence-electron chi connectivity index (χ0n) is 20.7. The molecule has 0 atom stereocenters. The first-order valence-electron chi connectivity index (χ1n) is 11.7. The van der Waals surface area contributed by atoms with Crippen molar-refractivity contribution in [3.8, 4) is 5.69 Å². The third kappa shape index (κ3) is 5.92. The van der Waals surface area contributed by atoms with Gasteiger partial charge in [0.15, 0.2) is 0 Å². The highest BCUT2D eigenvalue weighted by molar-refractivity contribution is 7.97. The Balaban J connectivity index is 1.36. The molecule has 0 aliphatic carbocycles. The zero-order chi connectivity index (χ0) is 24.8. The molecule has 0 saturated heterocycles. The van der Waals surface area contributed by atoms with E-state index < -0.39 is 0 Å². The number of hydrogen-bond donors (Lipinski definition) is 1. The van der Waals surface area contributed by atoms with E-state index in [1.54, 1.807) is 6.21 Å². The summed E-state index contributed by atoms with van der Waals surface area (Å²) in [4.78, 5) is 12.6. The Kier molecular flexibility index (Phi) is 7.88. The van der Waals surface area contributed by atoms with Crippen LogP contribution in [0.1, 0.15) is 49.6 Å². The fourth-order valence-electron chi connectivity index (χ4n) is 4.26. The highest BCUT2D eigenvalue weighted by Gasteiger charge is 2.13. The Labute approximate surface area is 212 Å². The molecule has 1 N–H and O–H groups in total. The van der Waals surface area contributed by atoms with Crippen LogP contribution in [0.4, 0.5) is 0 Å². The van der Waals surface area contributed by atoms with E-state index in [1.807, 2.05) is 42.1 Å². The Hall–Kier alpha value is -3.57. The molecule has 1 amide bonds. The van der Waals surface area contributed by atoms with E-state index in [2.05, 4.69) is 91.3 Å². The topological polar surface area (TPSA) is 46.4 Å². The van der Waals surface area contributed by atoms with Gasteiger partial charge in [-0.2, -0.15) is 16.9 Å².